The lowest BCUT2D eigenvalue weighted by atomic mass is 10.0. The van der Waals surface area contributed by atoms with Gasteiger partial charge in [0.05, 0.1) is 22.5 Å². The predicted molar refractivity (Wildman–Crippen MR) is 99.3 cm³/mol. The van der Waals surface area contributed by atoms with Crippen LogP contribution in [0.3, 0.4) is 0 Å². The molecule has 0 radical (unpaired) electrons. The summed E-state index contributed by atoms with van der Waals surface area (Å²) in [6.07, 6.45) is 0. The molecule has 0 unspecified atom stereocenters. The monoisotopic (exact) mass is 333 g/mol. The number of carbonyl (C=O) groups excluding carboxylic acids is 1. The molecule has 0 fully saturated rings. The fourth-order valence-electron chi connectivity index (χ4n) is 3.28. The molecule has 4 rings (SSSR count). The van der Waals surface area contributed by atoms with Crippen molar-refractivity contribution >= 4 is 22.4 Å². The quantitative estimate of drug-likeness (QED) is 0.601. The zero-order chi connectivity index (χ0) is 17.6. The van der Waals surface area contributed by atoms with Gasteiger partial charge in [-0.1, -0.05) is 18.2 Å². The van der Waals surface area contributed by atoms with Crippen LogP contribution in [0, 0.1) is 0 Å². The molecule has 25 heavy (non-hydrogen) atoms. The van der Waals surface area contributed by atoms with Crippen LogP contribution in [0.1, 0.15) is 15.9 Å². The number of rotatable bonds is 4. The second-order valence-electron chi connectivity index (χ2n) is 6.52. The SMILES string of the molecule is CN(C)CCNc1c2c(nc3ccccc13)-c1ccc(O)cc1C2=O. The van der Waals surface area contributed by atoms with Crippen LogP contribution in [0.2, 0.25) is 0 Å². The third-order valence-electron chi connectivity index (χ3n) is 4.48. The first-order chi connectivity index (χ1) is 12.1. The number of nitrogens with zero attached hydrogens (tertiary/aromatic N) is 2. The number of nitrogens with one attached hydrogen (secondary N) is 1. The largest absolute Gasteiger partial charge is 0.508 e. The molecule has 1 heterocycles. The third-order valence-corrected chi connectivity index (χ3v) is 4.48. The van der Waals surface area contributed by atoms with Crippen molar-refractivity contribution in [2.75, 3.05) is 32.5 Å². The Morgan fingerprint density at radius 2 is 1.92 bits per heavy atom. The number of aromatic nitrogens is 1. The van der Waals surface area contributed by atoms with Gasteiger partial charge in [0.25, 0.3) is 0 Å². The first-order valence-electron chi connectivity index (χ1n) is 8.25. The molecule has 126 valence electrons. The van der Waals surface area contributed by atoms with E-state index in [-0.39, 0.29) is 11.5 Å². The summed E-state index contributed by atoms with van der Waals surface area (Å²) in [7, 11) is 4.03. The lowest BCUT2D eigenvalue weighted by molar-refractivity contribution is 0.104. The average molecular weight is 333 g/mol. The number of carbonyl (C=O) groups is 1. The summed E-state index contributed by atoms with van der Waals surface area (Å²) in [5.41, 5.74) is 4.24. The van der Waals surface area contributed by atoms with Gasteiger partial charge in [0.1, 0.15) is 5.75 Å². The molecule has 2 N–H and O–H groups in total. The van der Waals surface area contributed by atoms with Gasteiger partial charge in [-0.25, -0.2) is 4.98 Å². The number of hydrogen-bond acceptors (Lipinski definition) is 5. The molecule has 1 aromatic heterocycles. The Morgan fingerprint density at radius 3 is 2.72 bits per heavy atom. The Bertz CT molecular complexity index is 996. The van der Waals surface area contributed by atoms with Crippen molar-refractivity contribution in [2.45, 2.75) is 0 Å². The summed E-state index contributed by atoms with van der Waals surface area (Å²) < 4.78 is 0. The van der Waals surface area contributed by atoms with Crippen LogP contribution in [0.4, 0.5) is 5.69 Å². The van der Waals surface area contributed by atoms with Crippen molar-refractivity contribution in [1.29, 1.82) is 0 Å². The van der Waals surface area contributed by atoms with Crippen molar-refractivity contribution in [1.82, 2.24) is 9.88 Å². The number of fused-ring (bicyclic) bond motifs is 4. The second-order valence-corrected chi connectivity index (χ2v) is 6.52. The molecule has 0 saturated carbocycles. The Morgan fingerprint density at radius 1 is 1.12 bits per heavy atom. The van der Waals surface area contributed by atoms with Crippen molar-refractivity contribution in [3.05, 3.63) is 53.6 Å². The zero-order valence-electron chi connectivity index (χ0n) is 14.2. The number of hydrogen-bond donors (Lipinski definition) is 2. The molecule has 5 heteroatoms. The first kappa shape index (κ1) is 15.6. The summed E-state index contributed by atoms with van der Waals surface area (Å²) in [5, 5.41) is 14.1. The minimum absolute atomic E-state index is 0.0894. The molecule has 0 amide bonds. The van der Waals surface area contributed by atoms with Crippen LogP contribution in [0.25, 0.3) is 22.2 Å². The van der Waals surface area contributed by atoms with Gasteiger partial charge in [0.2, 0.25) is 0 Å². The second kappa shape index (κ2) is 5.86. The number of pyridine rings is 1. The van der Waals surface area contributed by atoms with Gasteiger partial charge in [-0.3, -0.25) is 4.79 Å². The Hall–Kier alpha value is -2.92. The van der Waals surface area contributed by atoms with E-state index in [1.54, 1.807) is 12.1 Å². The van der Waals surface area contributed by atoms with Crippen molar-refractivity contribution < 1.29 is 9.90 Å². The number of ketones is 1. The fraction of sp³-hybridized carbons (Fsp3) is 0.200. The van der Waals surface area contributed by atoms with E-state index in [1.165, 1.54) is 6.07 Å². The summed E-state index contributed by atoms with van der Waals surface area (Å²) >= 11 is 0. The maximum atomic E-state index is 13.0. The summed E-state index contributed by atoms with van der Waals surface area (Å²) in [6, 6.07) is 12.7. The molecule has 1 aliphatic carbocycles. The van der Waals surface area contributed by atoms with E-state index in [9.17, 15) is 9.90 Å². The van der Waals surface area contributed by atoms with Crippen molar-refractivity contribution in [2.24, 2.45) is 0 Å². The summed E-state index contributed by atoms with van der Waals surface area (Å²) in [5.74, 6) is -0.00177. The van der Waals surface area contributed by atoms with Crippen LogP contribution in [-0.2, 0) is 0 Å². The Labute approximate surface area is 145 Å². The Kier molecular flexibility index (Phi) is 3.66. The first-order valence-corrected chi connectivity index (χ1v) is 8.25. The fourth-order valence-corrected chi connectivity index (χ4v) is 3.28. The number of aromatic hydroxyl groups is 1. The van der Waals surface area contributed by atoms with Crippen LogP contribution < -0.4 is 5.32 Å². The van der Waals surface area contributed by atoms with Crippen LogP contribution in [0.15, 0.2) is 42.5 Å². The highest BCUT2D eigenvalue weighted by molar-refractivity contribution is 6.26. The number of para-hydroxylation sites is 1. The molecule has 1 aliphatic rings. The van der Waals surface area contributed by atoms with E-state index >= 15 is 0 Å². The number of phenols is 1. The lowest BCUT2D eigenvalue weighted by Crippen LogP contribution is -2.21. The van der Waals surface area contributed by atoms with Crippen LogP contribution in [0.5, 0.6) is 5.75 Å². The molecule has 2 aromatic carbocycles. The van der Waals surface area contributed by atoms with Gasteiger partial charge in [-0.2, -0.15) is 0 Å². The van der Waals surface area contributed by atoms with E-state index in [0.29, 0.717) is 16.8 Å². The van der Waals surface area contributed by atoms with E-state index in [4.69, 9.17) is 4.98 Å². The van der Waals surface area contributed by atoms with E-state index in [0.717, 1.165) is 35.2 Å². The van der Waals surface area contributed by atoms with Crippen LogP contribution in [-0.4, -0.2) is 48.0 Å². The maximum absolute atomic E-state index is 13.0. The van der Waals surface area contributed by atoms with E-state index in [2.05, 4.69) is 10.2 Å². The van der Waals surface area contributed by atoms with Gasteiger partial charge in [0, 0.05) is 29.6 Å². The minimum Gasteiger partial charge on any atom is -0.508 e. The van der Waals surface area contributed by atoms with Crippen molar-refractivity contribution in [3.63, 3.8) is 0 Å². The highest BCUT2D eigenvalue weighted by Crippen LogP contribution is 2.43. The third kappa shape index (κ3) is 2.53. The average Bonchev–Trinajstić information content (AvgIpc) is 2.86. The highest BCUT2D eigenvalue weighted by atomic mass is 16.3. The van der Waals surface area contributed by atoms with E-state index in [1.807, 2.05) is 38.4 Å². The minimum atomic E-state index is -0.0912. The smallest absolute Gasteiger partial charge is 0.198 e. The molecular weight excluding hydrogens is 314 g/mol. The number of anilines is 1. The molecular formula is C20H19N3O2. The van der Waals surface area contributed by atoms with E-state index < -0.39 is 0 Å². The molecule has 0 atom stereocenters. The van der Waals surface area contributed by atoms with Gasteiger partial charge in [0.15, 0.2) is 5.78 Å². The normalized spacial score (nSPS) is 12.5. The number of likely N-dealkylation sites (N-methyl/N-ethyl adjacent to an activating group) is 1. The predicted octanol–water partition coefficient (Wildman–Crippen LogP) is 3.13. The van der Waals surface area contributed by atoms with Crippen molar-refractivity contribution in [3.8, 4) is 17.0 Å². The Balaban J connectivity index is 1.92. The zero-order valence-corrected chi connectivity index (χ0v) is 14.2. The summed E-state index contributed by atoms with van der Waals surface area (Å²) in [4.78, 5) is 19.8. The highest BCUT2D eigenvalue weighted by Gasteiger charge is 2.32. The molecule has 0 spiro atoms. The molecule has 0 aliphatic heterocycles. The number of benzene rings is 2. The van der Waals surface area contributed by atoms with Gasteiger partial charge < -0.3 is 15.3 Å². The molecule has 0 saturated heterocycles. The van der Waals surface area contributed by atoms with Gasteiger partial charge >= 0.3 is 0 Å². The van der Waals surface area contributed by atoms with Gasteiger partial charge in [-0.05, 0) is 38.4 Å². The number of phenolic OH excluding ortho intramolecular Hbond substituents is 1. The van der Waals surface area contributed by atoms with Crippen LogP contribution >= 0.6 is 0 Å². The molecule has 5 nitrogen and oxygen atoms in total. The van der Waals surface area contributed by atoms with Gasteiger partial charge in [-0.15, -0.1) is 0 Å². The standard InChI is InChI=1S/C20H19N3O2/c1-23(2)10-9-21-18-14-5-3-4-6-16(14)22-19-13-8-7-12(24)11-15(13)20(25)17(18)19/h3-8,11,24H,9-10H2,1-2H3,(H,21,22). The maximum Gasteiger partial charge on any atom is 0.198 e. The lowest BCUT2D eigenvalue weighted by Gasteiger charge is -2.16. The topological polar surface area (TPSA) is 65.5 Å². The molecule has 3 aromatic rings. The summed E-state index contributed by atoms with van der Waals surface area (Å²) in [6.45, 7) is 1.58. The molecule has 0 bridgehead atoms.